The fourth-order valence-electron chi connectivity index (χ4n) is 2.34. The Morgan fingerprint density at radius 2 is 2.18 bits per heavy atom. The normalized spacial score (nSPS) is 25.1. The summed E-state index contributed by atoms with van der Waals surface area (Å²) in [7, 11) is 1.73. The van der Waals surface area contributed by atoms with E-state index < -0.39 is 0 Å². The maximum absolute atomic E-state index is 12.0. The van der Waals surface area contributed by atoms with Gasteiger partial charge in [-0.3, -0.25) is 0 Å². The molecule has 2 atom stereocenters. The zero-order chi connectivity index (χ0) is 13.1. The lowest BCUT2D eigenvalue weighted by Gasteiger charge is -2.40. The molecule has 4 nitrogen and oxygen atoms in total. The lowest BCUT2D eigenvalue weighted by Crippen LogP contribution is -2.52. The quantitative estimate of drug-likeness (QED) is 0.795. The van der Waals surface area contributed by atoms with Crippen molar-refractivity contribution in [2.24, 2.45) is 5.41 Å². The molecule has 1 fully saturated rings. The molecule has 0 aromatic rings. The Morgan fingerprint density at radius 1 is 1.53 bits per heavy atom. The predicted octanol–water partition coefficient (Wildman–Crippen LogP) is 1.98. The number of carbonyl (C=O) groups excluding carboxylic acids is 1. The first-order valence-electron chi connectivity index (χ1n) is 6.52. The molecular weight excluding hydrogens is 216 g/mol. The molecule has 0 radical (unpaired) electrons. The summed E-state index contributed by atoms with van der Waals surface area (Å²) >= 11 is 0. The minimum atomic E-state index is -0.137. The molecule has 2 amide bonds. The molecule has 100 valence electrons. The van der Waals surface area contributed by atoms with Gasteiger partial charge in [0.05, 0.1) is 12.6 Å². The van der Waals surface area contributed by atoms with Gasteiger partial charge in [0, 0.05) is 13.1 Å². The van der Waals surface area contributed by atoms with E-state index in [2.05, 4.69) is 19.2 Å². The van der Waals surface area contributed by atoms with Gasteiger partial charge in [0.15, 0.2) is 0 Å². The van der Waals surface area contributed by atoms with Crippen molar-refractivity contribution in [3.8, 4) is 0 Å². The number of hydrogen-bond donors (Lipinski definition) is 2. The van der Waals surface area contributed by atoms with E-state index >= 15 is 0 Å². The van der Waals surface area contributed by atoms with Crippen LogP contribution in [0.2, 0.25) is 0 Å². The fourth-order valence-corrected chi connectivity index (χ4v) is 2.34. The Bertz CT molecular complexity index is 266. The number of nitrogens with one attached hydrogen (secondary N) is 1. The first-order chi connectivity index (χ1) is 7.88. The maximum atomic E-state index is 12.0. The Morgan fingerprint density at radius 3 is 2.71 bits per heavy atom. The van der Waals surface area contributed by atoms with E-state index in [-0.39, 0.29) is 30.1 Å². The molecule has 2 N–H and O–H groups in total. The average Bonchev–Trinajstić information content (AvgIpc) is 2.29. The summed E-state index contributed by atoms with van der Waals surface area (Å²) in [6.07, 6.45) is 4.66. The molecule has 0 saturated heterocycles. The predicted molar refractivity (Wildman–Crippen MR) is 68.9 cm³/mol. The molecule has 1 saturated carbocycles. The van der Waals surface area contributed by atoms with Crippen molar-refractivity contribution >= 4 is 6.03 Å². The molecule has 1 aliphatic rings. The summed E-state index contributed by atoms with van der Waals surface area (Å²) in [5.41, 5.74) is 0.178. The van der Waals surface area contributed by atoms with Crippen molar-refractivity contribution in [3.63, 3.8) is 0 Å². The van der Waals surface area contributed by atoms with E-state index in [9.17, 15) is 4.79 Å². The molecule has 2 unspecified atom stereocenters. The highest BCUT2D eigenvalue weighted by molar-refractivity contribution is 5.74. The van der Waals surface area contributed by atoms with Crippen molar-refractivity contribution < 1.29 is 9.90 Å². The van der Waals surface area contributed by atoms with Crippen LogP contribution >= 0.6 is 0 Å². The zero-order valence-corrected chi connectivity index (χ0v) is 11.5. The molecule has 1 rings (SSSR count). The number of hydrogen-bond acceptors (Lipinski definition) is 2. The first kappa shape index (κ1) is 14.3. The summed E-state index contributed by atoms with van der Waals surface area (Å²) in [5.74, 6) is 0. The minimum Gasteiger partial charge on any atom is -0.394 e. The molecule has 0 spiro atoms. The SMILES string of the molecule is CC(CO)N(C)C(=O)NC1CCCCC1(C)C. The van der Waals surface area contributed by atoms with Gasteiger partial charge in [0.1, 0.15) is 0 Å². The molecule has 0 aromatic carbocycles. The van der Waals surface area contributed by atoms with E-state index in [1.165, 1.54) is 12.8 Å². The van der Waals surface area contributed by atoms with Gasteiger partial charge in [-0.05, 0) is 25.2 Å². The number of aliphatic hydroxyl groups excluding tert-OH is 1. The molecule has 17 heavy (non-hydrogen) atoms. The van der Waals surface area contributed by atoms with Crippen molar-refractivity contribution in [2.45, 2.75) is 58.5 Å². The highest BCUT2D eigenvalue weighted by atomic mass is 16.3. The molecular formula is C13H26N2O2. The average molecular weight is 242 g/mol. The van der Waals surface area contributed by atoms with Crippen LogP contribution in [-0.4, -0.2) is 41.8 Å². The van der Waals surface area contributed by atoms with Crippen LogP contribution in [0, 0.1) is 5.41 Å². The molecule has 0 aliphatic heterocycles. The van der Waals surface area contributed by atoms with Gasteiger partial charge in [-0.2, -0.15) is 0 Å². The van der Waals surface area contributed by atoms with E-state index in [0.717, 1.165) is 12.8 Å². The first-order valence-corrected chi connectivity index (χ1v) is 6.52. The Balaban J connectivity index is 2.55. The fraction of sp³-hybridized carbons (Fsp3) is 0.923. The summed E-state index contributed by atoms with van der Waals surface area (Å²) < 4.78 is 0. The topological polar surface area (TPSA) is 52.6 Å². The number of urea groups is 1. The third-order valence-electron chi connectivity index (χ3n) is 4.05. The van der Waals surface area contributed by atoms with E-state index in [1.54, 1.807) is 11.9 Å². The third kappa shape index (κ3) is 3.60. The Kier molecular flexibility index (Phi) is 4.80. The van der Waals surface area contributed by atoms with Gasteiger partial charge >= 0.3 is 6.03 Å². The number of carbonyl (C=O) groups is 1. The second-order valence-electron chi connectivity index (χ2n) is 5.88. The van der Waals surface area contributed by atoms with E-state index in [4.69, 9.17) is 5.11 Å². The maximum Gasteiger partial charge on any atom is 0.317 e. The largest absolute Gasteiger partial charge is 0.394 e. The summed E-state index contributed by atoms with van der Waals surface area (Å²) in [4.78, 5) is 13.6. The summed E-state index contributed by atoms with van der Waals surface area (Å²) in [6, 6.07) is 0.0327. The van der Waals surface area contributed by atoms with Gasteiger partial charge in [-0.25, -0.2) is 4.79 Å². The second-order valence-corrected chi connectivity index (χ2v) is 5.88. The second kappa shape index (κ2) is 5.71. The third-order valence-corrected chi connectivity index (χ3v) is 4.05. The zero-order valence-electron chi connectivity index (χ0n) is 11.5. The molecule has 0 heterocycles. The van der Waals surface area contributed by atoms with Gasteiger partial charge in [-0.15, -0.1) is 0 Å². The van der Waals surface area contributed by atoms with Crippen LogP contribution < -0.4 is 5.32 Å². The van der Waals surface area contributed by atoms with E-state index in [0.29, 0.717) is 0 Å². The standard InChI is InChI=1S/C13H26N2O2/c1-10(9-16)15(4)12(17)14-11-7-5-6-8-13(11,2)3/h10-11,16H,5-9H2,1-4H3,(H,14,17). The Hall–Kier alpha value is -0.770. The lowest BCUT2D eigenvalue weighted by molar-refractivity contribution is 0.131. The number of rotatable bonds is 3. The molecule has 0 bridgehead atoms. The molecule has 4 heteroatoms. The van der Waals surface area contributed by atoms with Crippen LogP contribution in [0.1, 0.15) is 46.5 Å². The van der Waals surface area contributed by atoms with E-state index in [1.807, 2.05) is 6.92 Å². The highest BCUT2D eigenvalue weighted by Crippen LogP contribution is 2.35. The van der Waals surface area contributed by atoms with Crippen molar-refractivity contribution in [1.29, 1.82) is 0 Å². The van der Waals surface area contributed by atoms with Crippen LogP contribution in [-0.2, 0) is 0 Å². The highest BCUT2D eigenvalue weighted by Gasteiger charge is 2.34. The van der Waals surface area contributed by atoms with Gasteiger partial charge in [-0.1, -0.05) is 26.7 Å². The molecule has 0 aromatic heterocycles. The van der Waals surface area contributed by atoms with Crippen molar-refractivity contribution in [2.75, 3.05) is 13.7 Å². The number of likely N-dealkylation sites (N-methyl/N-ethyl adjacent to an activating group) is 1. The number of nitrogens with zero attached hydrogens (tertiary/aromatic N) is 1. The Labute approximate surface area is 104 Å². The van der Waals surface area contributed by atoms with Crippen LogP contribution in [0.25, 0.3) is 0 Å². The van der Waals surface area contributed by atoms with Crippen LogP contribution in [0.5, 0.6) is 0 Å². The van der Waals surface area contributed by atoms with Gasteiger partial charge in [0.2, 0.25) is 0 Å². The minimum absolute atomic E-state index is 0.00200. The summed E-state index contributed by atoms with van der Waals surface area (Å²) in [5, 5.41) is 12.1. The summed E-state index contributed by atoms with van der Waals surface area (Å²) in [6.45, 7) is 6.27. The number of aliphatic hydroxyl groups is 1. The van der Waals surface area contributed by atoms with Crippen molar-refractivity contribution in [1.82, 2.24) is 10.2 Å². The van der Waals surface area contributed by atoms with Crippen LogP contribution in [0.4, 0.5) is 4.79 Å². The lowest BCUT2D eigenvalue weighted by atomic mass is 9.73. The number of amides is 2. The van der Waals surface area contributed by atoms with Crippen molar-refractivity contribution in [3.05, 3.63) is 0 Å². The smallest absolute Gasteiger partial charge is 0.317 e. The van der Waals surface area contributed by atoms with Gasteiger partial charge < -0.3 is 15.3 Å². The monoisotopic (exact) mass is 242 g/mol. The van der Waals surface area contributed by atoms with Crippen LogP contribution in [0.15, 0.2) is 0 Å². The van der Waals surface area contributed by atoms with Gasteiger partial charge in [0.25, 0.3) is 0 Å². The van der Waals surface area contributed by atoms with Crippen LogP contribution in [0.3, 0.4) is 0 Å². The molecule has 1 aliphatic carbocycles.